The first-order valence-electron chi connectivity index (χ1n) is 7.53. The molecule has 0 radical (unpaired) electrons. The van der Waals surface area contributed by atoms with Crippen LogP contribution in [-0.2, 0) is 16.0 Å². The van der Waals surface area contributed by atoms with Gasteiger partial charge in [0, 0.05) is 12.5 Å². The van der Waals surface area contributed by atoms with Gasteiger partial charge in [-0.15, -0.1) is 0 Å². The maximum atomic E-state index is 11.2. The lowest BCUT2D eigenvalue weighted by molar-refractivity contribution is -0.134. The van der Waals surface area contributed by atoms with E-state index < -0.39 is 13.1 Å². The lowest BCUT2D eigenvalue weighted by Gasteiger charge is -2.10. The van der Waals surface area contributed by atoms with Gasteiger partial charge in [-0.1, -0.05) is 36.4 Å². The van der Waals surface area contributed by atoms with Gasteiger partial charge in [0.25, 0.3) is 0 Å². The van der Waals surface area contributed by atoms with E-state index in [0.29, 0.717) is 17.9 Å². The average Bonchev–Trinajstić information content (AvgIpc) is 2.60. The van der Waals surface area contributed by atoms with Crippen molar-refractivity contribution in [3.8, 4) is 5.75 Å². The normalized spacial score (nSPS) is 10.6. The molecule has 0 aromatic heterocycles. The smallest absolute Gasteiger partial charge is 0.489 e. The maximum Gasteiger partial charge on any atom is 0.489 e. The van der Waals surface area contributed by atoms with Crippen LogP contribution in [0, 0.1) is 0 Å². The topological polar surface area (TPSA) is 76.0 Å². The van der Waals surface area contributed by atoms with Gasteiger partial charge in [0.05, 0.1) is 13.7 Å². The van der Waals surface area contributed by atoms with Crippen LogP contribution in [0.5, 0.6) is 5.75 Å². The van der Waals surface area contributed by atoms with Crippen molar-refractivity contribution < 1.29 is 24.3 Å². The van der Waals surface area contributed by atoms with Gasteiger partial charge in [0.2, 0.25) is 0 Å². The molecule has 0 aliphatic rings. The first-order chi connectivity index (χ1) is 11.6. The van der Waals surface area contributed by atoms with Gasteiger partial charge < -0.3 is 19.5 Å². The molecule has 6 heteroatoms. The van der Waals surface area contributed by atoms with Crippen LogP contribution in [0.25, 0.3) is 6.08 Å². The number of carbonyl (C=O) groups is 1. The van der Waals surface area contributed by atoms with Gasteiger partial charge in [-0.2, -0.15) is 0 Å². The zero-order chi connectivity index (χ0) is 17.4. The minimum absolute atomic E-state index is 0.283. The number of esters is 1. The summed E-state index contributed by atoms with van der Waals surface area (Å²) >= 11 is 0. The van der Waals surface area contributed by atoms with Crippen LogP contribution in [0.3, 0.4) is 0 Å². The van der Waals surface area contributed by atoms with Crippen molar-refractivity contribution in [2.75, 3.05) is 13.7 Å². The molecule has 2 aromatic carbocycles. The zero-order valence-electron chi connectivity index (χ0n) is 13.4. The lowest BCUT2D eigenvalue weighted by atomic mass is 9.77. The predicted octanol–water partition coefficient (Wildman–Crippen LogP) is 1.17. The summed E-state index contributed by atoms with van der Waals surface area (Å²) < 4.78 is 10.2. The van der Waals surface area contributed by atoms with Crippen LogP contribution < -0.4 is 10.2 Å². The summed E-state index contributed by atoms with van der Waals surface area (Å²) in [4.78, 5) is 11.2. The quantitative estimate of drug-likeness (QED) is 0.454. The third kappa shape index (κ3) is 5.26. The fourth-order valence-electron chi connectivity index (χ4n) is 2.18. The SMILES string of the molecule is COC(=O)/C=C/c1cc(OCCc2ccccc2)ccc1B(O)O. The van der Waals surface area contributed by atoms with E-state index in [9.17, 15) is 14.8 Å². The minimum atomic E-state index is -1.64. The fraction of sp³-hybridized carbons (Fsp3) is 0.167. The molecule has 0 saturated carbocycles. The van der Waals surface area contributed by atoms with Crippen LogP contribution in [-0.4, -0.2) is 36.9 Å². The third-order valence-electron chi connectivity index (χ3n) is 3.44. The number of hydrogen-bond donors (Lipinski definition) is 2. The standard InChI is InChI=1S/C18H19BO5/c1-23-18(20)10-7-15-13-16(8-9-17(15)19(21)22)24-12-11-14-5-3-2-4-6-14/h2-10,13,21-22H,11-12H2,1H3/b10-7+. The van der Waals surface area contributed by atoms with E-state index in [1.54, 1.807) is 18.2 Å². The van der Waals surface area contributed by atoms with Crippen molar-refractivity contribution >= 4 is 24.6 Å². The zero-order valence-corrected chi connectivity index (χ0v) is 13.4. The Hall–Kier alpha value is -2.57. The summed E-state index contributed by atoms with van der Waals surface area (Å²) in [5, 5.41) is 18.8. The Morgan fingerprint density at radius 3 is 2.58 bits per heavy atom. The van der Waals surface area contributed by atoms with Crippen molar-refractivity contribution in [2.45, 2.75) is 6.42 Å². The molecule has 2 N–H and O–H groups in total. The Balaban J connectivity index is 2.07. The van der Waals surface area contributed by atoms with E-state index in [0.717, 1.165) is 6.42 Å². The molecule has 0 aliphatic carbocycles. The van der Waals surface area contributed by atoms with Crippen molar-refractivity contribution in [3.63, 3.8) is 0 Å². The molecule has 0 amide bonds. The average molecular weight is 326 g/mol. The Kier molecular flexibility index (Phi) is 6.60. The molecule has 124 valence electrons. The monoisotopic (exact) mass is 326 g/mol. The molecule has 0 fully saturated rings. The Morgan fingerprint density at radius 2 is 1.92 bits per heavy atom. The summed E-state index contributed by atoms with van der Waals surface area (Å²) in [6, 6.07) is 14.8. The second-order valence-corrected chi connectivity index (χ2v) is 5.10. The molecule has 5 nitrogen and oxygen atoms in total. The molecule has 2 aromatic rings. The molecular weight excluding hydrogens is 307 g/mol. The molecule has 2 rings (SSSR count). The summed E-state index contributed by atoms with van der Waals surface area (Å²) in [5.41, 5.74) is 1.93. The molecule has 0 heterocycles. The Labute approximate surface area is 141 Å². The van der Waals surface area contributed by atoms with E-state index >= 15 is 0 Å². The number of methoxy groups -OCH3 is 1. The summed E-state index contributed by atoms with van der Waals surface area (Å²) in [6.45, 7) is 0.491. The molecule has 0 unspecified atom stereocenters. The van der Waals surface area contributed by atoms with Crippen LogP contribution in [0.1, 0.15) is 11.1 Å². The highest BCUT2D eigenvalue weighted by Crippen LogP contribution is 2.14. The molecule has 0 bridgehead atoms. The molecule has 0 saturated heterocycles. The fourth-order valence-corrected chi connectivity index (χ4v) is 2.18. The van der Waals surface area contributed by atoms with Crippen LogP contribution in [0.2, 0.25) is 0 Å². The highest BCUT2D eigenvalue weighted by Gasteiger charge is 2.15. The van der Waals surface area contributed by atoms with Crippen molar-refractivity contribution in [1.82, 2.24) is 0 Å². The third-order valence-corrected chi connectivity index (χ3v) is 3.44. The van der Waals surface area contributed by atoms with Crippen LogP contribution in [0.4, 0.5) is 0 Å². The minimum Gasteiger partial charge on any atom is -0.493 e. The maximum absolute atomic E-state index is 11.2. The molecule has 0 spiro atoms. The Bertz CT molecular complexity index is 698. The van der Waals surface area contributed by atoms with Gasteiger partial charge in [-0.05, 0) is 34.8 Å². The largest absolute Gasteiger partial charge is 0.493 e. The van der Waals surface area contributed by atoms with Crippen LogP contribution >= 0.6 is 0 Å². The number of benzene rings is 2. The lowest BCUT2D eigenvalue weighted by Crippen LogP contribution is -2.32. The first-order valence-corrected chi connectivity index (χ1v) is 7.53. The van der Waals surface area contributed by atoms with Crippen molar-refractivity contribution in [2.24, 2.45) is 0 Å². The second kappa shape index (κ2) is 8.91. The number of hydrogen-bond acceptors (Lipinski definition) is 5. The van der Waals surface area contributed by atoms with E-state index in [2.05, 4.69) is 4.74 Å². The van der Waals surface area contributed by atoms with Gasteiger partial charge in [0.15, 0.2) is 0 Å². The van der Waals surface area contributed by atoms with Crippen molar-refractivity contribution in [3.05, 3.63) is 65.7 Å². The first kappa shape index (κ1) is 17.8. The van der Waals surface area contributed by atoms with Crippen LogP contribution in [0.15, 0.2) is 54.6 Å². The van der Waals surface area contributed by atoms with Gasteiger partial charge >= 0.3 is 13.1 Å². The summed E-state index contributed by atoms with van der Waals surface area (Å²) in [6.07, 6.45) is 3.44. The number of carbonyl (C=O) groups excluding carboxylic acids is 1. The predicted molar refractivity (Wildman–Crippen MR) is 93.0 cm³/mol. The number of rotatable bonds is 7. The van der Waals surface area contributed by atoms with Gasteiger partial charge in [-0.25, -0.2) is 4.79 Å². The van der Waals surface area contributed by atoms with E-state index in [4.69, 9.17) is 4.74 Å². The summed E-state index contributed by atoms with van der Waals surface area (Å²) in [5.74, 6) is 0.0589. The Morgan fingerprint density at radius 1 is 1.17 bits per heavy atom. The summed E-state index contributed by atoms with van der Waals surface area (Å²) in [7, 11) is -0.363. The highest BCUT2D eigenvalue weighted by molar-refractivity contribution is 6.59. The molecule has 0 atom stereocenters. The molecule has 24 heavy (non-hydrogen) atoms. The van der Waals surface area contributed by atoms with E-state index in [1.807, 2.05) is 30.3 Å². The molecule has 0 aliphatic heterocycles. The van der Waals surface area contributed by atoms with Gasteiger partial charge in [0.1, 0.15) is 5.75 Å². The highest BCUT2D eigenvalue weighted by atomic mass is 16.5. The van der Waals surface area contributed by atoms with E-state index in [-0.39, 0.29) is 5.46 Å². The van der Waals surface area contributed by atoms with Crippen molar-refractivity contribution in [1.29, 1.82) is 0 Å². The number of ether oxygens (including phenoxy) is 2. The second-order valence-electron chi connectivity index (χ2n) is 5.10. The molecular formula is C18H19BO5. The van der Waals surface area contributed by atoms with E-state index in [1.165, 1.54) is 24.8 Å². The van der Waals surface area contributed by atoms with Gasteiger partial charge in [-0.3, -0.25) is 0 Å².